The first kappa shape index (κ1) is 14.0. The van der Waals surface area contributed by atoms with E-state index in [1.165, 1.54) is 0 Å². The topological polar surface area (TPSA) is 57.9 Å². The zero-order chi connectivity index (χ0) is 15.5. The third-order valence-corrected chi connectivity index (χ3v) is 3.24. The molecule has 0 aliphatic carbocycles. The van der Waals surface area contributed by atoms with Crippen molar-refractivity contribution >= 4 is 17.8 Å². The van der Waals surface area contributed by atoms with Crippen LogP contribution in [-0.2, 0) is 9.53 Å². The second-order valence-electron chi connectivity index (χ2n) is 4.58. The molecule has 5 heteroatoms. The van der Waals surface area contributed by atoms with E-state index in [1.54, 1.807) is 63.0 Å². The number of benzene rings is 1. The standard InChI is InChI=1S/C17H14O5/c1-19-12-5-6-14(15(10-12)20-2)16-9-11(17(18)22-16)8-13-4-3-7-21-13/h3-10H,1-2H3/b11-8-. The zero-order valence-corrected chi connectivity index (χ0v) is 12.2. The number of furan rings is 1. The molecule has 0 fully saturated rings. The summed E-state index contributed by atoms with van der Waals surface area (Å²) in [5.74, 6) is 1.83. The maximum atomic E-state index is 12.0. The van der Waals surface area contributed by atoms with Crippen molar-refractivity contribution in [2.75, 3.05) is 14.2 Å². The highest BCUT2D eigenvalue weighted by Gasteiger charge is 2.24. The molecule has 0 unspecified atom stereocenters. The Balaban J connectivity index is 1.97. The molecule has 0 atom stereocenters. The van der Waals surface area contributed by atoms with Gasteiger partial charge in [0.25, 0.3) is 0 Å². The summed E-state index contributed by atoms with van der Waals surface area (Å²) in [7, 11) is 3.13. The Morgan fingerprint density at radius 2 is 2.00 bits per heavy atom. The number of carbonyl (C=O) groups excluding carboxylic acids is 1. The lowest BCUT2D eigenvalue weighted by atomic mass is 10.1. The van der Waals surface area contributed by atoms with Crippen LogP contribution in [0.25, 0.3) is 11.8 Å². The highest BCUT2D eigenvalue weighted by molar-refractivity contribution is 6.05. The highest BCUT2D eigenvalue weighted by Crippen LogP contribution is 2.35. The third kappa shape index (κ3) is 2.61. The minimum absolute atomic E-state index is 0.419. The van der Waals surface area contributed by atoms with Crippen LogP contribution >= 0.6 is 0 Å². The van der Waals surface area contributed by atoms with Crippen molar-refractivity contribution < 1.29 is 23.4 Å². The monoisotopic (exact) mass is 298 g/mol. The van der Waals surface area contributed by atoms with E-state index in [0.717, 1.165) is 0 Å². The highest BCUT2D eigenvalue weighted by atomic mass is 16.5. The summed E-state index contributed by atoms with van der Waals surface area (Å²) in [5, 5.41) is 0. The number of carbonyl (C=O) groups is 1. The Morgan fingerprint density at radius 3 is 2.68 bits per heavy atom. The van der Waals surface area contributed by atoms with Crippen molar-refractivity contribution in [2.45, 2.75) is 0 Å². The van der Waals surface area contributed by atoms with E-state index in [-0.39, 0.29) is 0 Å². The minimum Gasteiger partial charge on any atom is -0.497 e. The molecule has 112 valence electrons. The molecule has 0 radical (unpaired) electrons. The van der Waals surface area contributed by atoms with Crippen molar-refractivity contribution in [2.24, 2.45) is 0 Å². The van der Waals surface area contributed by atoms with E-state index in [0.29, 0.717) is 34.2 Å². The fraction of sp³-hybridized carbons (Fsp3) is 0.118. The Bertz CT molecular complexity index is 753. The average Bonchev–Trinajstić information content (AvgIpc) is 3.17. The predicted octanol–water partition coefficient (Wildman–Crippen LogP) is 3.28. The molecule has 1 aromatic heterocycles. The van der Waals surface area contributed by atoms with Gasteiger partial charge in [0.15, 0.2) is 0 Å². The third-order valence-electron chi connectivity index (χ3n) is 3.24. The van der Waals surface area contributed by atoms with Crippen LogP contribution in [0.4, 0.5) is 0 Å². The van der Waals surface area contributed by atoms with E-state index in [1.807, 2.05) is 0 Å². The van der Waals surface area contributed by atoms with Gasteiger partial charge in [0.1, 0.15) is 23.0 Å². The SMILES string of the molecule is COc1ccc(C2=C/C(=C/c3ccco3)C(=O)O2)c(OC)c1. The van der Waals surface area contributed by atoms with Crippen LogP contribution in [0.2, 0.25) is 0 Å². The van der Waals surface area contributed by atoms with Crippen LogP contribution < -0.4 is 9.47 Å². The molecular weight excluding hydrogens is 284 g/mol. The average molecular weight is 298 g/mol. The lowest BCUT2D eigenvalue weighted by Gasteiger charge is -2.10. The first-order valence-electron chi connectivity index (χ1n) is 6.63. The maximum absolute atomic E-state index is 12.0. The first-order valence-corrected chi connectivity index (χ1v) is 6.63. The molecule has 0 amide bonds. The molecule has 1 aliphatic rings. The molecule has 2 aromatic rings. The summed E-state index contributed by atoms with van der Waals surface area (Å²) in [6, 6.07) is 8.81. The van der Waals surface area contributed by atoms with Gasteiger partial charge in [-0.3, -0.25) is 0 Å². The van der Waals surface area contributed by atoms with Gasteiger partial charge in [-0.05, 0) is 36.4 Å². The van der Waals surface area contributed by atoms with Gasteiger partial charge in [0.05, 0.1) is 31.6 Å². The zero-order valence-electron chi connectivity index (χ0n) is 12.2. The molecule has 1 aliphatic heterocycles. The number of esters is 1. The summed E-state index contributed by atoms with van der Waals surface area (Å²) < 4.78 is 21.0. The summed E-state index contributed by atoms with van der Waals surface area (Å²) in [6.07, 6.45) is 4.84. The quantitative estimate of drug-likeness (QED) is 0.640. The Morgan fingerprint density at radius 1 is 1.14 bits per heavy atom. The first-order chi connectivity index (χ1) is 10.7. The van der Waals surface area contributed by atoms with E-state index in [9.17, 15) is 4.79 Å². The van der Waals surface area contributed by atoms with Gasteiger partial charge in [0.2, 0.25) is 0 Å². The lowest BCUT2D eigenvalue weighted by Crippen LogP contribution is -1.98. The molecule has 0 spiro atoms. The second kappa shape index (κ2) is 5.81. The molecule has 0 bridgehead atoms. The molecule has 2 heterocycles. The molecule has 0 N–H and O–H groups in total. The molecule has 5 nitrogen and oxygen atoms in total. The number of hydrogen-bond donors (Lipinski definition) is 0. The molecule has 0 saturated heterocycles. The van der Waals surface area contributed by atoms with Crippen molar-refractivity contribution in [1.82, 2.24) is 0 Å². The van der Waals surface area contributed by atoms with Gasteiger partial charge < -0.3 is 18.6 Å². The normalized spacial score (nSPS) is 15.6. The Labute approximate surface area is 127 Å². The summed E-state index contributed by atoms with van der Waals surface area (Å²) in [5.41, 5.74) is 1.10. The summed E-state index contributed by atoms with van der Waals surface area (Å²) in [6.45, 7) is 0. The van der Waals surface area contributed by atoms with E-state index >= 15 is 0 Å². The summed E-state index contributed by atoms with van der Waals surface area (Å²) >= 11 is 0. The summed E-state index contributed by atoms with van der Waals surface area (Å²) in [4.78, 5) is 12.0. The van der Waals surface area contributed by atoms with Gasteiger partial charge in [0, 0.05) is 6.07 Å². The fourth-order valence-corrected chi connectivity index (χ4v) is 2.15. The number of ether oxygens (including phenoxy) is 3. The smallest absolute Gasteiger partial charge is 0.343 e. The van der Waals surface area contributed by atoms with Crippen molar-refractivity contribution in [3.8, 4) is 11.5 Å². The fourth-order valence-electron chi connectivity index (χ4n) is 2.15. The Hall–Kier alpha value is -2.95. The van der Waals surface area contributed by atoms with Crippen LogP contribution in [0.15, 0.2) is 52.7 Å². The van der Waals surface area contributed by atoms with E-state index in [2.05, 4.69) is 0 Å². The number of rotatable bonds is 4. The van der Waals surface area contributed by atoms with Gasteiger partial charge in [-0.15, -0.1) is 0 Å². The van der Waals surface area contributed by atoms with Crippen molar-refractivity contribution in [3.05, 3.63) is 59.6 Å². The Kier molecular flexibility index (Phi) is 3.70. The van der Waals surface area contributed by atoms with E-state index in [4.69, 9.17) is 18.6 Å². The maximum Gasteiger partial charge on any atom is 0.343 e. The number of hydrogen-bond acceptors (Lipinski definition) is 5. The van der Waals surface area contributed by atoms with Gasteiger partial charge in [-0.2, -0.15) is 0 Å². The molecular formula is C17H14O5. The van der Waals surface area contributed by atoms with Gasteiger partial charge >= 0.3 is 5.97 Å². The molecule has 1 aromatic carbocycles. The number of methoxy groups -OCH3 is 2. The van der Waals surface area contributed by atoms with Crippen molar-refractivity contribution in [3.63, 3.8) is 0 Å². The largest absolute Gasteiger partial charge is 0.497 e. The number of cyclic esters (lactones) is 1. The van der Waals surface area contributed by atoms with Gasteiger partial charge in [-0.25, -0.2) is 4.79 Å². The molecule has 0 saturated carbocycles. The van der Waals surface area contributed by atoms with Crippen molar-refractivity contribution in [1.29, 1.82) is 0 Å². The molecule has 3 rings (SSSR count). The van der Waals surface area contributed by atoms with Crippen LogP contribution in [-0.4, -0.2) is 20.2 Å². The van der Waals surface area contributed by atoms with Crippen LogP contribution in [0.5, 0.6) is 11.5 Å². The van der Waals surface area contributed by atoms with Crippen LogP contribution in [0, 0.1) is 0 Å². The molecule has 22 heavy (non-hydrogen) atoms. The second-order valence-corrected chi connectivity index (χ2v) is 4.58. The van der Waals surface area contributed by atoms with Crippen LogP contribution in [0.3, 0.4) is 0 Å². The van der Waals surface area contributed by atoms with Gasteiger partial charge in [-0.1, -0.05) is 0 Å². The van der Waals surface area contributed by atoms with E-state index < -0.39 is 5.97 Å². The minimum atomic E-state index is -0.427. The van der Waals surface area contributed by atoms with Crippen LogP contribution in [0.1, 0.15) is 11.3 Å². The predicted molar refractivity (Wildman–Crippen MR) is 80.3 cm³/mol. The lowest BCUT2D eigenvalue weighted by molar-refractivity contribution is -0.130.